The molecule has 0 fully saturated rings. The number of rotatable bonds is 4. The molecule has 0 aliphatic carbocycles. The molecule has 5 rings (SSSR count). The van der Waals surface area contributed by atoms with Crippen LogP contribution in [-0.2, 0) is 4.79 Å². The van der Waals surface area contributed by atoms with Gasteiger partial charge in [0.25, 0.3) is 5.91 Å². The number of hydrogen-bond acceptors (Lipinski definition) is 2. The Bertz CT molecular complexity index is 1360. The summed E-state index contributed by atoms with van der Waals surface area (Å²) in [5, 5.41) is 11.4. The van der Waals surface area contributed by atoms with Gasteiger partial charge in [-0.05, 0) is 35.9 Å². The van der Waals surface area contributed by atoms with Crippen molar-refractivity contribution >= 4 is 46.0 Å². The molecule has 2 heterocycles. The fraction of sp³-hybridized carbons (Fsp3) is 0.0833. The van der Waals surface area contributed by atoms with E-state index in [1.807, 2.05) is 42.5 Å². The monoisotopic (exact) mass is 450 g/mol. The fourth-order valence-electron chi connectivity index (χ4n) is 4.34. The number of hydrogen-bond donors (Lipinski definition) is 2. The standard InChI is InChI=1S/C24H16Cl2N2O3/c25-13-9-10-16(18(26)11-13)22-21(17-7-3-4-8-19(17)27-22)23-14-5-1-2-6-15(14)24(31)28(23)12-20(29)30/h1-11,23,27H,12H2,(H,29,30). The third kappa shape index (κ3) is 3.17. The number of carbonyl (C=O) groups is 2. The van der Waals surface area contributed by atoms with Crippen LogP contribution < -0.4 is 0 Å². The second-order valence-corrected chi connectivity index (χ2v) is 8.24. The molecule has 1 unspecified atom stereocenters. The van der Waals surface area contributed by atoms with E-state index in [0.29, 0.717) is 15.6 Å². The topological polar surface area (TPSA) is 73.4 Å². The van der Waals surface area contributed by atoms with Gasteiger partial charge in [-0.3, -0.25) is 9.59 Å². The molecule has 0 saturated carbocycles. The Morgan fingerprint density at radius 3 is 2.52 bits per heavy atom. The molecule has 1 aromatic heterocycles. The van der Waals surface area contributed by atoms with Crippen LogP contribution >= 0.6 is 23.2 Å². The Morgan fingerprint density at radius 2 is 1.74 bits per heavy atom. The maximum Gasteiger partial charge on any atom is 0.323 e. The highest BCUT2D eigenvalue weighted by Crippen LogP contribution is 2.46. The summed E-state index contributed by atoms with van der Waals surface area (Å²) in [4.78, 5) is 29.6. The van der Waals surface area contributed by atoms with E-state index >= 15 is 0 Å². The largest absolute Gasteiger partial charge is 0.480 e. The van der Waals surface area contributed by atoms with Crippen molar-refractivity contribution < 1.29 is 14.7 Å². The highest BCUT2D eigenvalue weighted by molar-refractivity contribution is 6.36. The van der Waals surface area contributed by atoms with Crippen molar-refractivity contribution in [1.29, 1.82) is 0 Å². The number of aliphatic carboxylic acids is 1. The molecule has 4 aromatic rings. The average molecular weight is 451 g/mol. The van der Waals surface area contributed by atoms with Crippen LogP contribution in [0.25, 0.3) is 22.2 Å². The number of nitrogens with one attached hydrogen (secondary N) is 1. The van der Waals surface area contributed by atoms with Crippen LogP contribution in [0.1, 0.15) is 27.5 Å². The second-order valence-electron chi connectivity index (χ2n) is 7.40. The van der Waals surface area contributed by atoms with Gasteiger partial charge in [0, 0.05) is 32.6 Å². The molecule has 0 bridgehead atoms. The van der Waals surface area contributed by atoms with Crippen LogP contribution in [0.15, 0.2) is 66.7 Å². The van der Waals surface area contributed by atoms with Gasteiger partial charge in [0.1, 0.15) is 6.54 Å². The maximum atomic E-state index is 13.1. The molecule has 5 nitrogen and oxygen atoms in total. The van der Waals surface area contributed by atoms with Gasteiger partial charge in [-0.1, -0.05) is 59.6 Å². The van der Waals surface area contributed by atoms with E-state index in [9.17, 15) is 14.7 Å². The lowest BCUT2D eigenvalue weighted by molar-refractivity contribution is -0.138. The Balaban J connectivity index is 1.83. The number of aromatic nitrogens is 1. The van der Waals surface area contributed by atoms with Crippen LogP contribution in [0.3, 0.4) is 0 Å². The van der Waals surface area contributed by atoms with E-state index in [1.54, 1.807) is 24.3 Å². The average Bonchev–Trinajstić information content (AvgIpc) is 3.23. The van der Waals surface area contributed by atoms with E-state index in [0.717, 1.165) is 33.3 Å². The number of carbonyl (C=O) groups excluding carboxylic acids is 1. The summed E-state index contributed by atoms with van der Waals surface area (Å²) in [6, 6.07) is 19.6. The Hall–Kier alpha value is -3.28. The number of para-hydroxylation sites is 1. The number of aromatic amines is 1. The molecule has 1 aliphatic rings. The Labute approximate surface area is 187 Å². The number of carboxylic acid groups (broad SMARTS) is 1. The predicted molar refractivity (Wildman–Crippen MR) is 121 cm³/mol. The molecule has 2 N–H and O–H groups in total. The van der Waals surface area contributed by atoms with Gasteiger partial charge in [-0.15, -0.1) is 0 Å². The molecule has 7 heteroatoms. The third-order valence-corrected chi connectivity index (χ3v) is 6.13. The molecule has 1 amide bonds. The summed E-state index contributed by atoms with van der Waals surface area (Å²) >= 11 is 12.6. The van der Waals surface area contributed by atoms with Crippen molar-refractivity contribution in [3.63, 3.8) is 0 Å². The maximum absolute atomic E-state index is 13.1. The fourth-order valence-corrected chi connectivity index (χ4v) is 4.85. The number of amides is 1. The molecule has 0 saturated heterocycles. The van der Waals surface area contributed by atoms with Gasteiger partial charge >= 0.3 is 5.97 Å². The summed E-state index contributed by atoms with van der Waals surface area (Å²) in [5.41, 5.74) is 4.40. The molecular weight excluding hydrogens is 435 g/mol. The molecule has 0 spiro atoms. The third-order valence-electron chi connectivity index (χ3n) is 5.58. The quantitative estimate of drug-likeness (QED) is 0.414. The van der Waals surface area contributed by atoms with Gasteiger partial charge < -0.3 is 15.0 Å². The zero-order chi connectivity index (χ0) is 21.7. The van der Waals surface area contributed by atoms with Crippen molar-refractivity contribution in [2.24, 2.45) is 0 Å². The lowest BCUT2D eigenvalue weighted by atomic mass is 9.93. The number of H-pyrrole nitrogens is 1. The molecule has 1 atom stereocenters. The minimum atomic E-state index is -1.07. The summed E-state index contributed by atoms with van der Waals surface area (Å²) in [5.74, 6) is -1.38. The zero-order valence-corrected chi connectivity index (χ0v) is 17.6. The normalized spacial score (nSPS) is 15.5. The zero-order valence-electron chi connectivity index (χ0n) is 16.1. The van der Waals surface area contributed by atoms with E-state index in [2.05, 4.69) is 4.98 Å². The van der Waals surface area contributed by atoms with E-state index in [1.165, 1.54) is 4.90 Å². The first-order chi connectivity index (χ1) is 15.0. The number of halogens is 2. The lowest BCUT2D eigenvalue weighted by Gasteiger charge is -2.25. The van der Waals surface area contributed by atoms with Crippen LogP contribution in [0.5, 0.6) is 0 Å². The van der Waals surface area contributed by atoms with E-state index < -0.39 is 18.6 Å². The van der Waals surface area contributed by atoms with Crippen LogP contribution in [0.4, 0.5) is 0 Å². The summed E-state index contributed by atoms with van der Waals surface area (Å²) in [7, 11) is 0. The van der Waals surface area contributed by atoms with Crippen LogP contribution in [0, 0.1) is 0 Å². The molecular formula is C24H16Cl2N2O3. The first kappa shape index (κ1) is 19.7. The van der Waals surface area contributed by atoms with Gasteiger partial charge in [0.15, 0.2) is 0 Å². The summed E-state index contributed by atoms with van der Waals surface area (Å²) in [6.45, 7) is -0.411. The van der Waals surface area contributed by atoms with Gasteiger partial charge in [-0.25, -0.2) is 0 Å². The number of benzene rings is 3. The van der Waals surface area contributed by atoms with Crippen molar-refractivity contribution in [2.45, 2.75) is 6.04 Å². The molecule has 31 heavy (non-hydrogen) atoms. The second kappa shape index (κ2) is 7.45. The molecule has 3 aromatic carbocycles. The predicted octanol–water partition coefficient (Wildman–Crippen LogP) is 5.77. The van der Waals surface area contributed by atoms with Gasteiger partial charge in [-0.2, -0.15) is 0 Å². The van der Waals surface area contributed by atoms with Crippen molar-refractivity contribution in [2.75, 3.05) is 6.54 Å². The smallest absolute Gasteiger partial charge is 0.323 e. The summed E-state index contributed by atoms with van der Waals surface area (Å²) < 4.78 is 0. The Morgan fingerprint density at radius 1 is 1.00 bits per heavy atom. The van der Waals surface area contributed by atoms with Crippen LogP contribution in [0.2, 0.25) is 10.0 Å². The van der Waals surface area contributed by atoms with E-state index in [4.69, 9.17) is 23.2 Å². The molecule has 1 aliphatic heterocycles. The minimum Gasteiger partial charge on any atom is -0.480 e. The Kier molecular flexibility index (Phi) is 4.73. The highest BCUT2D eigenvalue weighted by Gasteiger charge is 2.41. The van der Waals surface area contributed by atoms with Crippen molar-refractivity contribution in [1.82, 2.24) is 9.88 Å². The van der Waals surface area contributed by atoms with Crippen LogP contribution in [-0.4, -0.2) is 33.4 Å². The number of nitrogens with zero attached hydrogens (tertiary/aromatic N) is 1. The molecule has 154 valence electrons. The summed E-state index contributed by atoms with van der Waals surface area (Å²) in [6.07, 6.45) is 0. The van der Waals surface area contributed by atoms with Gasteiger partial charge in [0.05, 0.1) is 16.8 Å². The first-order valence-electron chi connectivity index (χ1n) is 9.63. The van der Waals surface area contributed by atoms with Gasteiger partial charge in [0.2, 0.25) is 0 Å². The van der Waals surface area contributed by atoms with Crippen molar-refractivity contribution in [3.8, 4) is 11.3 Å². The van der Waals surface area contributed by atoms with E-state index in [-0.39, 0.29) is 5.91 Å². The number of fused-ring (bicyclic) bond motifs is 2. The highest BCUT2D eigenvalue weighted by atomic mass is 35.5. The molecule has 0 radical (unpaired) electrons. The lowest BCUT2D eigenvalue weighted by Crippen LogP contribution is -2.34. The minimum absolute atomic E-state index is 0.304. The first-order valence-corrected chi connectivity index (χ1v) is 10.4. The SMILES string of the molecule is O=C(O)CN1C(=O)c2ccccc2C1c1c(-c2ccc(Cl)cc2Cl)[nH]c2ccccc12. The van der Waals surface area contributed by atoms with Crippen molar-refractivity contribution in [3.05, 3.63) is 93.5 Å². The number of carboxylic acids is 1.